The highest BCUT2D eigenvalue weighted by Gasteiger charge is 2.35. The third-order valence-electron chi connectivity index (χ3n) is 4.76. The second-order valence-electron chi connectivity index (χ2n) is 6.17. The van der Waals surface area contributed by atoms with Gasteiger partial charge in [-0.1, -0.05) is 60.1 Å². The molecule has 3 rings (SSSR count). The minimum Gasteiger partial charge on any atom is -0.385 e. The zero-order valence-corrected chi connectivity index (χ0v) is 13.9. The maximum Gasteiger partial charge on any atom is 0.0920 e. The second-order valence-corrected chi connectivity index (χ2v) is 6.60. The number of aliphatic hydroxyl groups is 1. The number of benzene rings is 2. The number of hydrogen-bond donors (Lipinski definition) is 1. The van der Waals surface area contributed by atoms with Gasteiger partial charge in [0.1, 0.15) is 0 Å². The van der Waals surface area contributed by atoms with Gasteiger partial charge in [0.25, 0.3) is 0 Å². The summed E-state index contributed by atoms with van der Waals surface area (Å²) >= 11 is 5.95. The van der Waals surface area contributed by atoms with E-state index >= 15 is 0 Å². The maximum absolute atomic E-state index is 11.0. The smallest absolute Gasteiger partial charge is 0.0920 e. The number of halogens is 1. The molecular weight excluding hydrogens is 306 g/mol. The molecule has 1 aliphatic rings. The van der Waals surface area contributed by atoms with Crippen LogP contribution < -0.4 is 0 Å². The molecule has 0 spiro atoms. The minimum absolute atomic E-state index is 0.200. The Morgan fingerprint density at radius 3 is 2.22 bits per heavy atom. The van der Waals surface area contributed by atoms with E-state index in [1.165, 1.54) is 5.56 Å². The van der Waals surface area contributed by atoms with Crippen molar-refractivity contribution in [2.45, 2.75) is 24.5 Å². The van der Waals surface area contributed by atoms with E-state index in [0.717, 1.165) is 18.7 Å². The van der Waals surface area contributed by atoms with Gasteiger partial charge < -0.3 is 5.11 Å². The van der Waals surface area contributed by atoms with Crippen LogP contribution in [0.2, 0.25) is 5.02 Å². The summed E-state index contributed by atoms with van der Waals surface area (Å²) in [6, 6.07) is 18.2. The molecule has 3 heteroatoms. The van der Waals surface area contributed by atoms with Crippen molar-refractivity contribution >= 4 is 11.6 Å². The molecule has 1 fully saturated rings. The summed E-state index contributed by atoms with van der Waals surface area (Å²) in [7, 11) is 0. The summed E-state index contributed by atoms with van der Waals surface area (Å²) in [5.74, 6) is 0. The Bertz CT molecular complexity index is 645. The Hall–Kier alpha value is -1.61. The summed E-state index contributed by atoms with van der Waals surface area (Å²) in [4.78, 5) is 2.38. The molecule has 0 saturated carbocycles. The first kappa shape index (κ1) is 16.3. The number of piperidine rings is 1. The van der Waals surface area contributed by atoms with Crippen LogP contribution in [0, 0.1) is 0 Å². The first-order chi connectivity index (χ1) is 11.1. The van der Waals surface area contributed by atoms with Gasteiger partial charge in [0.2, 0.25) is 0 Å². The number of likely N-dealkylation sites (tertiary alicyclic amines) is 1. The lowest BCUT2D eigenvalue weighted by Crippen LogP contribution is -2.43. The predicted octanol–water partition coefficient (Wildman–Crippen LogP) is 4.55. The third-order valence-corrected chi connectivity index (χ3v) is 5.02. The molecule has 0 aromatic heterocycles. The van der Waals surface area contributed by atoms with Crippen molar-refractivity contribution in [1.29, 1.82) is 0 Å². The van der Waals surface area contributed by atoms with Gasteiger partial charge in [0, 0.05) is 18.1 Å². The molecule has 0 bridgehead atoms. The van der Waals surface area contributed by atoms with E-state index in [-0.39, 0.29) is 6.04 Å². The highest BCUT2D eigenvalue weighted by molar-refractivity contribution is 6.30. The Balaban J connectivity index is 1.72. The van der Waals surface area contributed by atoms with E-state index in [9.17, 15) is 5.11 Å². The van der Waals surface area contributed by atoms with Gasteiger partial charge in [-0.25, -0.2) is 0 Å². The molecule has 1 heterocycles. The molecule has 1 aliphatic heterocycles. The van der Waals surface area contributed by atoms with Gasteiger partial charge in [-0.05, 0) is 36.1 Å². The molecule has 120 valence electrons. The van der Waals surface area contributed by atoms with E-state index in [2.05, 4.69) is 35.7 Å². The number of nitrogens with zero attached hydrogens (tertiary/aromatic N) is 1. The predicted molar refractivity (Wildman–Crippen MR) is 95.5 cm³/mol. The third kappa shape index (κ3) is 3.50. The minimum atomic E-state index is -0.760. The molecule has 2 aromatic carbocycles. The topological polar surface area (TPSA) is 23.5 Å². The molecule has 2 nitrogen and oxygen atoms in total. The van der Waals surface area contributed by atoms with Crippen LogP contribution in [0.5, 0.6) is 0 Å². The van der Waals surface area contributed by atoms with Gasteiger partial charge in [0.15, 0.2) is 0 Å². The molecule has 1 N–H and O–H groups in total. The van der Waals surface area contributed by atoms with Crippen molar-refractivity contribution in [3.63, 3.8) is 0 Å². The zero-order valence-electron chi connectivity index (χ0n) is 13.2. The zero-order chi connectivity index (χ0) is 16.3. The highest BCUT2D eigenvalue weighted by Crippen LogP contribution is 2.36. The average molecular weight is 328 g/mol. The Morgan fingerprint density at radius 2 is 1.65 bits per heavy atom. The lowest BCUT2D eigenvalue weighted by molar-refractivity contribution is -0.0318. The van der Waals surface area contributed by atoms with Crippen molar-refractivity contribution in [3.05, 3.63) is 83.4 Å². The Labute approximate surface area is 143 Å². The van der Waals surface area contributed by atoms with Crippen LogP contribution in [0.4, 0.5) is 0 Å². The normalized spacial score (nSPS) is 19.2. The lowest BCUT2D eigenvalue weighted by Gasteiger charge is -2.41. The van der Waals surface area contributed by atoms with Crippen molar-refractivity contribution in [2.75, 3.05) is 13.1 Å². The average Bonchev–Trinajstić information content (AvgIpc) is 2.59. The second kappa shape index (κ2) is 6.88. The van der Waals surface area contributed by atoms with Crippen LogP contribution in [-0.4, -0.2) is 23.1 Å². The molecule has 0 radical (unpaired) electrons. The highest BCUT2D eigenvalue weighted by atomic mass is 35.5. The van der Waals surface area contributed by atoms with Crippen molar-refractivity contribution < 1.29 is 5.11 Å². The summed E-state index contributed by atoms with van der Waals surface area (Å²) in [6.45, 7) is 5.67. The molecule has 23 heavy (non-hydrogen) atoms. The number of rotatable bonds is 4. The van der Waals surface area contributed by atoms with Gasteiger partial charge >= 0.3 is 0 Å². The quantitative estimate of drug-likeness (QED) is 0.833. The van der Waals surface area contributed by atoms with E-state index in [1.54, 1.807) is 0 Å². The lowest BCUT2D eigenvalue weighted by atomic mass is 9.83. The molecule has 0 aliphatic carbocycles. The van der Waals surface area contributed by atoms with E-state index in [4.69, 9.17) is 11.6 Å². The van der Waals surface area contributed by atoms with Crippen molar-refractivity contribution in [3.8, 4) is 0 Å². The Morgan fingerprint density at radius 1 is 1.04 bits per heavy atom. The summed E-state index contributed by atoms with van der Waals surface area (Å²) < 4.78 is 0. The Kier molecular flexibility index (Phi) is 4.86. The van der Waals surface area contributed by atoms with Gasteiger partial charge in [-0.2, -0.15) is 0 Å². The first-order valence-electron chi connectivity index (χ1n) is 8.02. The standard InChI is InChI=1S/C20H22ClNO/c1-2-19(16-6-4-3-5-7-16)22-14-12-20(23,13-15-22)17-8-10-18(21)11-9-17/h2-11,19,23H,1,12-15H2. The summed E-state index contributed by atoms with van der Waals surface area (Å²) in [5.41, 5.74) is 1.44. The van der Waals surface area contributed by atoms with Crippen LogP contribution in [-0.2, 0) is 5.60 Å². The molecule has 2 aromatic rings. The fourth-order valence-electron chi connectivity index (χ4n) is 3.37. The van der Waals surface area contributed by atoms with E-state index in [0.29, 0.717) is 17.9 Å². The van der Waals surface area contributed by atoms with Gasteiger partial charge in [0.05, 0.1) is 11.6 Å². The molecule has 0 amide bonds. The SMILES string of the molecule is C=CC(c1ccccc1)N1CCC(O)(c2ccc(Cl)cc2)CC1. The van der Waals surface area contributed by atoms with Crippen molar-refractivity contribution in [1.82, 2.24) is 4.90 Å². The van der Waals surface area contributed by atoms with Crippen molar-refractivity contribution in [2.24, 2.45) is 0 Å². The van der Waals surface area contributed by atoms with Gasteiger partial charge in [-0.3, -0.25) is 4.90 Å². The fraction of sp³-hybridized carbons (Fsp3) is 0.300. The molecule has 1 saturated heterocycles. The number of hydrogen-bond acceptors (Lipinski definition) is 2. The van der Waals surface area contributed by atoms with Crippen LogP contribution in [0.3, 0.4) is 0 Å². The fourth-order valence-corrected chi connectivity index (χ4v) is 3.49. The maximum atomic E-state index is 11.0. The van der Waals surface area contributed by atoms with Crippen LogP contribution in [0.15, 0.2) is 67.3 Å². The summed E-state index contributed by atoms with van der Waals surface area (Å²) in [5, 5.41) is 11.7. The van der Waals surface area contributed by atoms with Gasteiger partial charge in [-0.15, -0.1) is 6.58 Å². The first-order valence-corrected chi connectivity index (χ1v) is 8.40. The largest absolute Gasteiger partial charge is 0.385 e. The monoisotopic (exact) mass is 327 g/mol. The van der Waals surface area contributed by atoms with Crippen LogP contribution in [0.1, 0.15) is 30.0 Å². The van der Waals surface area contributed by atoms with Crippen LogP contribution >= 0.6 is 11.6 Å². The summed E-state index contributed by atoms with van der Waals surface area (Å²) in [6.07, 6.45) is 3.42. The van der Waals surface area contributed by atoms with E-state index < -0.39 is 5.60 Å². The molecule has 1 unspecified atom stereocenters. The molecule has 1 atom stereocenters. The van der Waals surface area contributed by atoms with E-state index in [1.807, 2.05) is 36.4 Å². The molecular formula is C20H22ClNO. The van der Waals surface area contributed by atoms with Crippen LogP contribution in [0.25, 0.3) is 0 Å².